The van der Waals surface area contributed by atoms with Gasteiger partial charge in [-0.2, -0.15) is 0 Å². The van der Waals surface area contributed by atoms with Crippen molar-refractivity contribution in [1.82, 2.24) is 0 Å². The first-order valence-electron chi connectivity index (χ1n) is 9.09. The Kier molecular flexibility index (Phi) is 6.85. The van der Waals surface area contributed by atoms with Gasteiger partial charge in [-0.15, -0.1) is 0 Å². The molecule has 4 atom stereocenters. The fourth-order valence-corrected chi connectivity index (χ4v) is 3.80. The van der Waals surface area contributed by atoms with E-state index in [4.69, 9.17) is 14.2 Å². The van der Waals surface area contributed by atoms with Crippen LogP contribution in [-0.4, -0.2) is 25.3 Å². The van der Waals surface area contributed by atoms with Crippen LogP contribution in [0.25, 0.3) is 0 Å². The van der Waals surface area contributed by atoms with Gasteiger partial charge in [0, 0.05) is 5.92 Å². The second-order valence-corrected chi connectivity index (χ2v) is 6.66. The van der Waals surface area contributed by atoms with Crippen molar-refractivity contribution < 1.29 is 23.8 Å². The van der Waals surface area contributed by atoms with Crippen LogP contribution in [0.15, 0.2) is 24.3 Å². The smallest absolute Gasteiger partial charge is 0.466 e. The molecule has 1 aromatic rings. The molecule has 1 aliphatic carbocycles. The molecule has 138 valence electrons. The predicted molar refractivity (Wildman–Crippen MR) is 94.5 cm³/mol. The Morgan fingerprint density at radius 2 is 1.64 bits per heavy atom. The van der Waals surface area contributed by atoms with Crippen molar-refractivity contribution in [2.75, 3.05) is 13.2 Å². The third-order valence-electron chi connectivity index (χ3n) is 4.98. The van der Waals surface area contributed by atoms with Gasteiger partial charge in [0.2, 0.25) is 0 Å². The van der Waals surface area contributed by atoms with Crippen molar-refractivity contribution in [3.63, 3.8) is 0 Å². The molecule has 1 fully saturated rings. The molecule has 4 unspecified atom stereocenters. The van der Waals surface area contributed by atoms with E-state index in [1.165, 1.54) is 0 Å². The van der Waals surface area contributed by atoms with Crippen LogP contribution in [0.4, 0.5) is 4.79 Å². The van der Waals surface area contributed by atoms with Crippen LogP contribution >= 0.6 is 0 Å². The van der Waals surface area contributed by atoms with Gasteiger partial charge in [0.25, 0.3) is 0 Å². The molecule has 25 heavy (non-hydrogen) atoms. The van der Waals surface area contributed by atoms with E-state index >= 15 is 0 Å². The normalized spacial score (nSPS) is 25.9. The molecule has 0 saturated heterocycles. The highest BCUT2D eigenvalue weighted by Gasteiger charge is 2.42. The van der Waals surface area contributed by atoms with Gasteiger partial charge in [0.05, 0.1) is 19.1 Å². The summed E-state index contributed by atoms with van der Waals surface area (Å²) in [5, 5.41) is 0. The fourth-order valence-electron chi connectivity index (χ4n) is 3.80. The van der Waals surface area contributed by atoms with Crippen molar-refractivity contribution in [3.8, 4) is 5.75 Å². The summed E-state index contributed by atoms with van der Waals surface area (Å²) in [6, 6.07) is 7.40. The van der Waals surface area contributed by atoms with Crippen molar-refractivity contribution >= 4 is 12.1 Å². The third kappa shape index (κ3) is 4.53. The molecule has 0 spiro atoms. The van der Waals surface area contributed by atoms with Gasteiger partial charge < -0.3 is 14.2 Å². The van der Waals surface area contributed by atoms with Crippen LogP contribution in [0.3, 0.4) is 0 Å². The average molecular weight is 348 g/mol. The van der Waals surface area contributed by atoms with E-state index in [9.17, 15) is 9.59 Å². The molecular weight excluding hydrogens is 320 g/mol. The summed E-state index contributed by atoms with van der Waals surface area (Å²) in [6.45, 7) is 8.41. The number of rotatable bonds is 5. The lowest BCUT2D eigenvalue weighted by Crippen LogP contribution is -2.37. The van der Waals surface area contributed by atoms with Crippen LogP contribution in [0, 0.1) is 17.8 Å². The Labute approximate surface area is 149 Å². The minimum atomic E-state index is -0.723. The number of benzene rings is 1. The van der Waals surface area contributed by atoms with Gasteiger partial charge in [-0.25, -0.2) is 4.79 Å². The van der Waals surface area contributed by atoms with Crippen molar-refractivity contribution in [3.05, 3.63) is 29.8 Å². The van der Waals surface area contributed by atoms with E-state index < -0.39 is 6.16 Å². The van der Waals surface area contributed by atoms with Gasteiger partial charge in [-0.05, 0) is 50.2 Å². The molecule has 0 aliphatic heterocycles. The van der Waals surface area contributed by atoms with Crippen molar-refractivity contribution in [2.45, 2.75) is 46.5 Å². The van der Waals surface area contributed by atoms with Gasteiger partial charge in [0.15, 0.2) is 0 Å². The summed E-state index contributed by atoms with van der Waals surface area (Å²) in [7, 11) is 0. The maximum Gasteiger partial charge on any atom is 0.513 e. The highest BCUT2D eigenvalue weighted by molar-refractivity contribution is 5.75. The Balaban J connectivity index is 2.38. The quantitative estimate of drug-likeness (QED) is 0.577. The lowest BCUT2D eigenvalue weighted by Gasteiger charge is -2.39. The minimum absolute atomic E-state index is 0.0478. The number of esters is 1. The third-order valence-corrected chi connectivity index (χ3v) is 4.98. The SMILES string of the molecule is CCOC(=O)Oc1ccccc1C1C(C)CCC(C)C1C(=O)OCC. The zero-order valence-electron chi connectivity index (χ0n) is 15.5. The maximum absolute atomic E-state index is 12.6. The second-order valence-electron chi connectivity index (χ2n) is 6.66. The fraction of sp³-hybridized carbons (Fsp3) is 0.600. The van der Waals surface area contributed by atoms with Crippen LogP contribution in [0.2, 0.25) is 0 Å². The van der Waals surface area contributed by atoms with E-state index in [1.807, 2.05) is 25.1 Å². The number of carbonyl (C=O) groups is 2. The number of hydrogen-bond donors (Lipinski definition) is 0. The van der Waals surface area contributed by atoms with E-state index in [-0.39, 0.29) is 36.2 Å². The molecule has 0 amide bonds. The highest BCUT2D eigenvalue weighted by Crippen LogP contribution is 2.47. The summed E-state index contributed by atoms with van der Waals surface area (Å²) in [5.41, 5.74) is 0.868. The second kappa shape index (κ2) is 8.88. The monoisotopic (exact) mass is 348 g/mol. The number of ether oxygens (including phenoxy) is 3. The summed E-state index contributed by atoms with van der Waals surface area (Å²) in [5.74, 6) is 0.510. The number of carbonyl (C=O) groups excluding carboxylic acids is 2. The summed E-state index contributed by atoms with van der Waals surface area (Å²) < 4.78 is 15.6. The molecule has 5 nitrogen and oxygen atoms in total. The van der Waals surface area contributed by atoms with Crippen LogP contribution < -0.4 is 4.74 Å². The molecule has 1 aliphatic rings. The Morgan fingerprint density at radius 3 is 2.32 bits per heavy atom. The molecule has 0 radical (unpaired) electrons. The van der Waals surface area contributed by atoms with Crippen molar-refractivity contribution in [1.29, 1.82) is 0 Å². The Hall–Kier alpha value is -2.04. The maximum atomic E-state index is 12.6. The van der Waals surface area contributed by atoms with Gasteiger partial charge in [-0.3, -0.25) is 4.79 Å². The number of para-hydroxylation sites is 1. The molecule has 0 bridgehead atoms. The van der Waals surface area contributed by atoms with Gasteiger partial charge in [0.1, 0.15) is 5.75 Å². The molecule has 0 heterocycles. The highest BCUT2D eigenvalue weighted by atomic mass is 16.7. The summed E-state index contributed by atoms with van der Waals surface area (Å²) in [4.78, 5) is 24.4. The molecule has 1 saturated carbocycles. The van der Waals surface area contributed by atoms with E-state index in [2.05, 4.69) is 13.8 Å². The Bertz CT molecular complexity index is 598. The predicted octanol–water partition coefficient (Wildman–Crippen LogP) is 4.55. The molecule has 2 rings (SSSR count). The minimum Gasteiger partial charge on any atom is -0.466 e. The van der Waals surface area contributed by atoms with Crippen LogP contribution in [0.5, 0.6) is 5.75 Å². The van der Waals surface area contributed by atoms with Crippen LogP contribution in [0.1, 0.15) is 52.0 Å². The van der Waals surface area contributed by atoms with E-state index in [0.717, 1.165) is 18.4 Å². The van der Waals surface area contributed by atoms with E-state index in [1.54, 1.807) is 13.0 Å². The molecule has 5 heteroatoms. The average Bonchev–Trinajstić information content (AvgIpc) is 2.58. The zero-order valence-corrected chi connectivity index (χ0v) is 15.5. The summed E-state index contributed by atoms with van der Waals surface area (Å²) in [6.07, 6.45) is 1.29. The first-order chi connectivity index (χ1) is 12.0. The topological polar surface area (TPSA) is 61.8 Å². The lowest BCUT2D eigenvalue weighted by molar-refractivity contribution is -0.152. The first-order valence-corrected chi connectivity index (χ1v) is 9.09. The first kappa shape index (κ1) is 19.3. The van der Waals surface area contributed by atoms with Gasteiger partial charge >= 0.3 is 12.1 Å². The molecule has 1 aromatic carbocycles. The van der Waals surface area contributed by atoms with Crippen LogP contribution in [-0.2, 0) is 14.3 Å². The van der Waals surface area contributed by atoms with Gasteiger partial charge in [-0.1, -0.05) is 32.0 Å². The van der Waals surface area contributed by atoms with E-state index in [0.29, 0.717) is 12.4 Å². The standard InChI is InChI=1S/C20H28O5/c1-5-23-19(21)18-14(4)12-11-13(3)17(18)15-9-7-8-10-16(15)25-20(22)24-6-2/h7-10,13-14,17-18H,5-6,11-12H2,1-4H3. The zero-order chi connectivity index (χ0) is 18.4. The lowest BCUT2D eigenvalue weighted by atomic mass is 9.65. The molecular formula is C20H28O5. The Morgan fingerprint density at radius 1 is 1.00 bits per heavy atom. The molecule has 0 aromatic heterocycles. The number of hydrogen-bond acceptors (Lipinski definition) is 5. The molecule has 0 N–H and O–H groups in total. The largest absolute Gasteiger partial charge is 0.513 e. The van der Waals surface area contributed by atoms with Crippen molar-refractivity contribution in [2.24, 2.45) is 17.8 Å². The summed E-state index contributed by atoms with van der Waals surface area (Å²) >= 11 is 0.